The van der Waals surface area contributed by atoms with Gasteiger partial charge in [0.05, 0.1) is 0 Å². The second kappa shape index (κ2) is 6.34. The number of aryl methyl sites for hydroxylation is 1. The summed E-state index contributed by atoms with van der Waals surface area (Å²) in [4.78, 5) is 9.11. The number of nitrogens with zero attached hydrogens (tertiary/aromatic N) is 2. The molecule has 0 bridgehead atoms. The summed E-state index contributed by atoms with van der Waals surface area (Å²) >= 11 is 1.42. The Morgan fingerprint density at radius 2 is 1.91 bits per heavy atom. The van der Waals surface area contributed by atoms with E-state index in [2.05, 4.69) is 54.3 Å². The number of nitrogens with one attached hydrogen (secondary N) is 1. The van der Waals surface area contributed by atoms with Crippen molar-refractivity contribution in [2.75, 3.05) is 7.05 Å². The minimum Gasteiger partial charge on any atom is -0.317 e. The molecule has 0 fully saturated rings. The van der Waals surface area contributed by atoms with Crippen LogP contribution in [-0.4, -0.2) is 23.1 Å². The second-order valence-corrected chi connectivity index (χ2v) is 6.89. The molecule has 0 saturated heterocycles. The van der Waals surface area contributed by atoms with E-state index < -0.39 is 5.95 Å². The predicted molar refractivity (Wildman–Crippen MR) is 94.5 cm³/mol. The molecule has 2 aromatic heterocycles. The van der Waals surface area contributed by atoms with Crippen LogP contribution in [0.2, 0.25) is 0 Å². The lowest BCUT2D eigenvalue weighted by Gasteiger charge is -2.21. The van der Waals surface area contributed by atoms with Gasteiger partial charge in [0.15, 0.2) is 0 Å². The first kappa shape index (κ1) is 16.0. The summed E-state index contributed by atoms with van der Waals surface area (Å²) < 4.78 is 13.2. The van der Waals surface area contributed by atoms with Gasteiger partial charge >= 0.3 is 0 Å². The number of likely N-dealkylation sites (N-methyl/N-ethyl adjacent to an activating group) is 1. The molecule has 0 aliphatic carbocycles. The van der Waals surface area contributed by atoms with E-state index in [1.165, 1.54) is 28.5 Å². The van der Waals surface area contributed by atoms with Gasteiger partial charge in [0.1, 0.15) is 15.4 Å². The van der Waals surface area contributed by atoms with E-state index in [1.807, 2.05) is 7.05 Å². The van der Waals surface area contributed by atoms with E-state index in [0.29, 0.717) is 16.8 Å². The van der Waals surface area contributed by atoms with Gasteiger partial charge in [0.25, 0.3) is 0 Å². The third-order valence-corrected chi connectivity index (χ3v) is 5.45. The first-order valence-electron chi connectivity index (χ1n) is 7.71. The average molecular weight is 329 g/mol. The molecule has 3 rings (SSSR count). The van der Waals surface area contributed by atoms with Gasteiger partial charge in [-0.05, 0) is 56.1 Å². The average Bonchev–Trinajstić information content (AvgIpc) is 2.96. The van der Waals surface area contributed by atoms with Gasteiger partial charge in [-0.1, -0.05) is 30.4 Å². The lowest BCUT2D eigenvalue weighted by atomic mass is 9.90. The zero-order chi connectivity index (χ0) is 16.6. The van der Waals surface area contributed by atoms with Crippen molar-refractivity contribution in [1.29, 1.82) is 0 Å². The van der Waals surface area contributed by atoms with E-state index in [9.17, 15) is 4.39 Å². The molecule has 1 aromatic carbocycles. The van der Waals surface area contributed by atoms with Crippen molar-refractivity contribution in [3.05, 3.63) is 47.4 Å². The molecule has 3 nitrogen and oxygen atoms in total. The third-order valence-electron chi connectivity index (χ3n) is 4.43. The largest absolute Gasteiger partial charge is 0.317 e. The van der Waals surface area contributed by atoms with Crippen LogP contribution in [0, 0.1) is 12.9 Å². The first-order valence-corrected chi connectivity index (χ1v) is 8.52. The molecule has 0 amide bonds. The molecule has 2 atom stereocenters. The Morgan fingerprint density at radius 3 is 2.61 bits per heavy atom. The standard InChI is InChI=1S/C18H20FN3S/c1-10-9-13(5-6-14(10)11(2)12(3)20-4)17-21-15-7-8-16(19)22-18(15)23-17/h5-9,11-12,20H,1-4H3. The molecule has 0 aliphatic heterocycles. The van der Waals surface area contributed by atoms with Crippen LogP contribution in [0.3, 0.4) is 0 Å². The van der Waals surface area contributed by atoms with Crippen molar-refractivity contribution in [1.82, 2.24) is 15.3 Å². The Hall–Kier alpha value is -1.85. The SMILES string of the molecule is CNC(C)C(C)c1ccc(-c2nc3ccc(F)nc3s2)cc1C. The van der Waals surface area contributed by atoms with Gasteiger partial charge in [0.2, 0.25) is 5.95 Å². The smallest absolute Gasteiger partial charge is 0.214 e. The van der Waals surface area contributed by atoms with Crippen LogP contribution in [0.15, 0.2) is 30.3 Å². The lowest BCUT2D eigenvalue weighted by Crippen LogP contribution is -2.27. The molecule has 1 N–H and O–H groups in total. The number of hydrogen-bond donors (Lipinski definition) is 1. The van der Waals surface area contributed by atoms with Gasteiger partial charge in [-0.15, -0.1) is 0 Å². The van der Waals surface area contributed by atoms with E-state index in [-0.39, 0.29) is 0 Å². The molecule has 0 spiro atoms. The number of fused-ring (bicyclic) bond motifs is 1. The Balaban J connectivity index is 1.98. The molecule has 0 saturated carbocycles. The Morgan fingerprint density at radius 1 is 1.13 bits per heavy atom. The molecule has 23 heavy (non-hydrogen) atoms. The summed E-state index contributed by atoms with van der Waals surface area (Å²) in [6, 6.07) is 9.85. The normalized spacial score (nSPS) is 14.1. The number of thiazole rings is 1. The minimum absolute atomic E-state index is 0.411. The van der Waals surface area contributed by atoms with Gasteiger partial charge in [-0.25, -0.2) is 9.97 Å². The van der Waals surface area contributed by atoms with Gasteiger partial charge in [0, 0.05) is 11.6 Å². The van der Waals surface area contributed by atoms with Crippen molar-refractivity contribution < 1.29 is 4.39 Å². The highest BCUT2D eigenvalue weighted by Crippen LogP contribution is 2.32. The zero-order valence-corrected chi connectivity index (χ0v) is 14.5. The van der Waals surface area contributed by atoms with Crippen LogP contribution >= 0.6 is 11.3 Å². The number of benzene rings is 1. The second-order valence-electron chi connectivity index (χ2n) is 5.91. The fraction of sp³-hybridized carbons (Fsp3) is 0.333. The maximum atomic E-state index is 13.2. The van der Waals surface area contributed by atoms with Gasteiger partial charge in [-0.2, -0.15) is 4.39 Å². The van der Waals surface area contributed by atoms with E-state index in [1.54, 1.807) is 6.07 Å². The summed E-state index contributed by atoms with van der Waals surface area (Å²) in [5.74, 6) is -0.0331. The lowest BCUT2D eigenvalue weighted by molar-refractivity contribution is 0.522. The molecule has 2 heterocycles. The highest BCUT2D eigenvalue weighted by molar-refractivity contribution is 7.21. The summed E-state index contributed by atoms with van der Waals surface area (Å²) in [5.41, 5.74) is 4.38. The molecule has 5 heteroatoms. The molecule has 3 aromatic rings. The first-order chi connectivity index (χ1) is 11.0. The molecule has 0 radical (unpaired) electrons. The summed E-state index contributed by atoms with van der Waals surface area (Å²) in [7, 11) is 1.98. The maximum absolute atomic E-state index is 13.2. The Kier molecular flexibility index (Phi) is 4.41. The fourth-order valence-corrected chi connectivity index (χ4v) is 3.68. The number of halogens is 1. The van der Waals surface area contributed by atoms with Crippen molar-refractivity contribution in [3.63, 3.8) is 0 Å². The molecular formula is C18H20FN3S. The summed E-state index contributed by atoms with van der Waals surface area (Å²) in [6.07, 6.45) is 0. The highest BCUT2D eigenvalue weighted by Gasteiger charge is 2.16. The molecule has 0 aliphatic rings. The van der Waals surface area contributed by atoms with Crippen LogP contribution in [0.1, 0.15) is 30.9 Å². The monoisotopic (exact) mass is 329 g/mol. The van der Waals surface area contributed by atoms with Crippen molar-refractivity contribution in [3.8, 4) is 10.6 Å². The van der Waals surface area contributed by atoms with E-state index in [4.69, 9.17) is 0 Å². The molecule has 2 unspecified atom stereocenters. The van der Waals surface area contributed by atoms with E-state index in [0.717, 1.165) is 16.1 Å². The van der Waals surface area contributed by atoms with Crippen molar-refractivity contribution in [2.24, 2.45) is 0 Å². The number of hydrogen-bond acceptors (Lipinski definition) is 4. The van der Waals surface area contributed by atoms with Crippen molar-refractivity contribution in [2.45, 2.75) is 32.7 Å². The van der Waals surface area contributed by atoms with Gasteiger partial charge < -0.3 is 5.32 Å². The predicted octanol–water partition coefficient (Wildman–Crippen LogP) is 4.52. The van der Waals surface area contributed by atoms with Crippen LogP contribution < -0.4 is 5.32 Å². The Labute approximate surface area is 139 Å². The van der Waals surface area contributed by atoms with Crippen molar-refractivity contribution >= 4 is 21.7 Å². The third kappa shape index (κ3) is 3.12. The molecular weight excluding hydrogens is 309 g/mol. The van der Waals surface area contributed by atoms with E-state index >= 15 is 0 Å². The van der Waals surface area contributed by atoms with Crippen LogP contribution in [0.5, 0.6) is 0 Å². The fourth-order valence-electron chi connectivity index (χ4n) is 2.76. The quantitative estimate of drug-likeness (QED) is 0.715. The summed E-state index contributed by atoms with van der Waals surface area (Å²) in [6.45, 7) is 6.54. The number of aromatic nitrogens is 2. The topological polar surface area (TPSA) is 37.8 Å². The highest BCUT2D eigenvalue weighted by atomic mass is 32.1. The number of pyridine rings is 1. The van der Waals surface area contributed by atoms with Gasteiger partial charge in [-0.3, -0.25) is 0 Å². The maximum Gasteiger partial charge on any atom is 0.214 e. The van der Waals surface area contributed by atoms with Crippen LogP contribution in [0.25, 0.3) is 20.9 Å². The number of rotatable bonds is 4. The Bertz CT molecular complexity index is 843. The molecule has 120 valence electrons. The van der Waals surface area contributed by atoms with Crippen LogP contribution in [0.4, 0.5) is 4.39 Å². The summed E-state index contributed by atoms with van der Waals surface area (Å²) in [5, 5.41) is 4.18. The minimum atomic E-state index is -0.464. The zero-order valence-electron chi connectivity index (χ0n) is 13.7. The van der Waals surface area contributed by atoms with Crippen LogP contribution in [-0.2, 0) is 0 Å².